The van der Waals surface area contributed by atoms with Gasteiger partial charge in [0.25, 0.3) is 0 Å². The Labute approximate surface area is 649 Å². The molecule has 5 rings (SSSR count). The number of benzene rings is 5. The highest BCUT2D eigenvalue weighted by atomic mass is 16.7. The van der Waals surface area contributed by atoms with Crippen molar-refractivity contribution in [2.24, 2.45) is 63.4 Å². The Balaban J connectivity index is 0.00000130. The zero-order chi connectivity index (χ0) is 83.9. The summed E-state index contributed by atoms with van der Waals surface area (Å²) >= 11 is 0. The fourth-order valence-corrected chi connectivity index (χ4v) is 8.94. The quantitative estimate of drug-likeness (QED) is 0.0127. The molecule has 0 aliphatic heterocycles. The number of nitrogens with zero attached hydrogens (tertiary/aromatic N) is 7. The number of carbonyl (C=O) groups is 6. The lowest BCUT2D eigenvalue weighted by Gasteiger charge is -2.27. The van der Waals surface area contributed by atoms with Gasteiger partial charge in [-0.25, -0.2) is 28.8 Å². The van der Waals surface area contributed by atoms with Crippen LogP contribution in [0.2, 0.25) is 0 Å². The molecule has 26 heteroatoms. The van der Waals surface area contributed by atoms with Crippen LogP contribution in [0.5, 0.6) is 5.75 Å². The summed E-state index contributed by atoms with van der Waals surface area (Å²) in [7, 11) is 0. The first-order valence-electron chi connectivity index (χ1n) is 35.9. The highest BCUT2D eigenvalue weighted by Gasteiger charge is 2.28. The molecule has 0 saturated heterocycles. The summed E-state index contributed by atoms with van der Waals surface area (Å²) in [6, 6.07) is 45.9. The number of ether oxygens (including phenoxy) is 1. The third-order valence-corrected chi connectivity index (χ3v) is 16.2. The zero-order valence-corrected chi connectivity index (χ0v) is 68.2. The zero-order valence-electron chi connectivity index (χ0n) is 68.2. The summed E-state index contributed by atoms with van der Waals surface area (Å²) in [5.74, 6) is -5.28. The number of nitriles is 1. The molecule has 0 amide bonds. The molecule has 0 aliphatic carbocycles. The molecule has 1 atom stereocenters. The van der Waals surface area contributed by atoms with Gasteiger partial charge in [-0.2, -0.15) is 5.26 Å². The van der Waals surface area contributed by atoms with Gasteiger partial charge >= 0.3 is 35.8 Å². The van der Waals surface area contributed by atoms with Crippen LogP contribution < -0.4 is 4.74 Å². The van der Waals surface area contributed by atoms with Gasteiger partial charge in [0.15, 0.2) is 0 Å². The molecule has 1 unspecified atom stereocenters. The molecular formula is C84H119N7O19. The number of aliphatic carboxylic acids is 6. The third kappa shape index (κ3) is 45.6. The Morgan fingerprint density at radius 3 is 1.17 bits per heavy atom. The number of carboxylic acid groups (broad SMARTS) is 6. The van der Waals surface area contributed by atoms with Crippen LogP contribution in [0.3, 0.4) is 0 Å². The minimum Gasteiger partial charge on any atom is -0.493 e. The standard InChI is InChI=1S/C18H27NO4.C16H23NO3.2C14H19NO3.C13H17NO3.C9H14N2O3/c1-13-7-8-14(2)16(11-13)22-10-6-9-18(4,5)15(3)19-23-12-17(20)21;1-4-16(3,13(2)17-20-12-15(18)19)11-10-14-8-6-5-7-9-14;1-10-5-7-11(8-6-10)13(14(2,3)4)15-18-9-12(16)17;1-14(2,3)12(15-18-10-13(16)17)9-11-7-5-4-6-8-11;1-13(2,3)12(14-17-9-11(15)16)10-7-5-4-6-8-10;1-9(2,3)7(4-5-10)11-14-6-8(12)13/h7-8,11H,6,9-10,12H2,1-5H3,(H,20,21);5-9H,4,10-12H2,1-3H3,(H,18,19);5-8H,9H2,1-4H3,(H,16,17);4-8H,9-10H2,1-3H3,(H,16,17);4-8H,9H2,1-3H3,(H,15,16);4,6H2,1-3H3,(H,12,13)/b19-15+;17-13+;15-13+;15-12+;14-12+;11-7+. The monoisotopic (exact) mass is 1530 g/mol. The third-order valence-electron chi connectivity index (χ3n) is 16.2. The van der Waals surface area contributed by atoms with Crippen LogP contribution in [0.15, 0.2) is 164 Å². The average molecular weight is 1530 g/mol. The van der Waals surface area contributed by atoms with E-state index in [1.807, 2.05) is 233 Å². The van der Waals surface area contributed by atoms with E-state index in [-0.39, 0.29) is 38.9 Å². The van der Waals surface area contributed by atoms with Gasteiger partial charge in [-0.3, -0.25) is 0 Å². The van der Waals surface area contributed by atoms with Crippen molar-refractivity contribution in [1.29, 1.82) is 5.26 Å². The molecule has 604 valence electrons. The van der Waals surface area contributed by atoms with Gasteiger partial charge in [0, 0.05) is 38.9 Å². The van der Waals surface area contributed by atoms with Crippen molar-refractivity contribution >= 4 is 70.1 Å². The first-order valence-corrected chi connectivity index (χ1v) is 35.9. The maximum atomic E-state index is 10.4. The Hall–Kier alpha value is -11.0. The second-order valence-electron chi connectivity index (χ2n) is 30.5. The van der Waals surface area contributed by atoms with Gasteiger partial charge < -0.3 is 64.4 Å². The summed E-state index contributed by atoms with van der Waals surface area (Å²) in [6.45, 7) is 40.1. The van der Waals surface area contributed by atoms with E-state index in [9.17, 15) is 28.8 Å². The van der Waals surface area contributed by atoms with Gasteiger partial charge in [-0.1, -0.05) is 275 Å². The van der Waals surface area contributed by atoms with Gasteiger partial charge in [0.1, 0.15) is 5.75 Å². The van der Waals surface area contributed by atoms with E-state index < -0.39 is 75.5 Å². The number of hydrogen-bond donors (Lipinski definition) is 6. The predicted molar refractivity (Wildman–Crippen MR) is 429 cm³/mol. The number of oxime groups is 6. The normalized spacial score (nSPS) is 12.7. The Kier molecular flexibility index (Phi) is 45.6. The molecule has 0 fully saturated rings. The van der Waals surface area contributed by atoms with Crippen LogP contribution in [0.25, 0.3) is 0 Å². The van der Waals surface area contributed by atoms with Crippen molar-refractivity contribution in [2.45, 2.75) is 190 Å². The molecule has 0 aromatic heterocycles. The van der Waals surface area contributed by atoms with Crippen LogP contribution in [-0.2, 0) is 70.6 Å². The average Bonchev–Trinajstić information content (AvgIpc) is 0.845. The van der Waals surface area contributed by atoms with E-state index in [4.69, 9.17) is 64.8 Å². The van der Waals surface area contributed by atoms with E-state index in [0.29, 0.717) is 18.7 Å². The van der Waals surface area contributed by atoms with Crippen molar-refractivity contribution in [3.05, 3.63) is 172 Å². The van der Waals surface area contributed by atoms with Crippen LogP contribution in [0.1, 0.15) is 196 Å². The lowest BCUT2D eigenvalue weighted by molar-refractivity contribution is -0.143. The van der Waals surface area contributed by atoms with Crippen molar-refractivity contribution in [1.82, 2.24) is 0 Å². The van der Waals surface area contributed by atoms with Crippen LogP contribution in [-0.4, -0.2) is 147 Å². The molecule has 6 N–H and O–H groups in total. The second-order valence-corrected chi connectivity index (χ2v) is 30.5. The van der Waals surface area contributed by atoms with Crippen molar-refractivity contribution in [2.75, 3.05) is 46.2 Å². The first-order chi connectivity index (χ1) is 51.2. The number of aryl methyl sites for hydroxylation is 4. The van der Waals surface area contributed by atoms with Crippen LogP contribution in [0.4, 0.5) is 0 Å². The molecule has 0 heterocycles. The lowest BCUT2D eigenvalue weighted by Crippen LogP contribution is -2.26. The summed E-state index contributed by atoms with van der Waals surface area (Å²) in [5, 5.41) is 82.8. The van der Waals surface area contributed by atoms with E-state index in [1.54, 1.807) is 0 Å². The molecule has 0 bridgehead atoms. The Morgan fingerprint density at radius 1 is 0.418 bits per heavy atom. The number of rotatable bonds is 34. The molecule has 5 aromatic carbocycles. The van der Waals surface area contributed by atoms with Crippen LogP contribution in [0, 0.1) is 64.6 Å². The van der Waals surface area contributed by atoms with E-state index in [1.165, 1.54) is 16.7 Å². The van der Waals surface area contributed by atoms with Gasteiger partial charge in [0.05, 0.1) is 53.4 Å². The summed E-state index contributed by atoms with van der Waals surface area (Å²) < 4.78 is 5.86. The highest BCUT2D eigenvalue weighted by molar-refractivity contribution is 6.04. The predicted octanol–water partition coefficient (Wildman–Crippen LogP) is 17.0. The summed E-state index contributed by atoms with van der Waals surface area (Å²) in [5.41, 5.74) is 11.2. The highest BCUT2D eigenvalue weighted by Crippen LogP contribution is 2.31. The van der Waals surface area contributed by atoms with Gasteiger partial charge in [0.2, 0.25) is 39.6 Å². The molecule has 0 aliphatic rings. The van der Waals surface area contributed by atoms with Gasteiger partial charge in [-0.05, 0) is 106 Å². The maximum Gasteiger partial charge on any atom is 0.344 e. The molecular weight excluding hydrogens is 1410 g/mol. The smallest absolute Gasteiger partial charge is 0.344 e. The van der Waals surface area contributed by atoms with E-state index >= 15 is 0 Å². The number of hydrogen-bond acceptors (Lipinski definition) is 20. The molecule has 110 heavy (non-hydrogen) atoms. The molecule has 0 spiro atoms. The number of carboxylic acids is 6. The van der Waals surface area contributed by atoms with Crippen LogP contribution >= 0.6 is 0 Å². The minimum atomic E-state index is -1.08. The maximum absolute atomic E-state index is 10.4. The molecule has 0 radical (unpaired) electrons. The molecule has 0 saturated carbocycles. The lowest BCUT2D eigenvalue weighted by atomic mass is 9.78. The first kappa shape index (κ1) is 99.0. The van der Waals surface area contributed by atoms with Crippen molar-refractivity contribution in [3.8, 4) is 11.8 Å². The van der Waals surface area contributed by atoms with Crippen molar-refractivity contribution in [3.63, 3.8) is 0 Å². The van der Waals surface area contributed by atoms with E-state index in [0.717, 1.165) is 88.7 Å². The van der Waals surface area contributed by atoms with Gasteiger partial charge in [-0.15, -0.1) is 0 Å². The second kappa shape index (κ2) is 50.6. The molecule has 26 nitrogen and oxygen atoms in total. The van der Waals surface area contributed by atoms with Crippen molar-refractivity contribution < 1.29 is 93.2 Å². The topological polar surface area (TPSA) is 386 Å². The fraction of sp³-hybridized carbons (Fsp3) is 0.488. The summed E-state index contributed by atoms with van der Waals surface area (Å²) in [6.07, 6.45) is 5.42. The van der Waals surface area contributed by atoms with E-state index in [2.05, 4.69) is 87.7 Å². The Bertz CT molecular complexity index is 3840. The molecule has 5 aromatic rings. The largest absolute Gasteiger partial charge is 0.493 e. The minimum absolute atomic E-state index is 0.0751. The fourth-order valence-electron chi connectivity index (χ4n) is 8.94. The Morgan fingerprint density at radius 2 is 0.782 bits per heavy atom. The summed E-state index contributed by atoms with van der Waals surface area (Å²) in [4.78, 5) is 90.9. The SMILES string of the molecule is C/C(=N\OCC(=O)O)C(C)(C)CCCOc1cc(C)ccc1C.CC(C)(C)/C(=N/OCC(=O)O)c1ccccc1.CC(C)(C)/C(CC#N)=N/OCC(=O)O.CC(C)(C)/C(Cc1ccccc1)=N/OCC(=O)O.CCC(C)(CCc1ccccc1)/C(C)=N/OCC(=O)O.Cc1ccc(/C(=N\OCC(=O)O)C(C)(C)C)cc1.